The number of benzene rings is 1. The normalized spacial score (nSPS) is 25.9. The van der Waals surface area contributed by atoms with Gasteiger partial charge in [-0.25, -0.2) is 0 Å². The van der Waals surface area contributed by atoms with Crippen molar-refractivity contribution in [2.24, 2.45) is 5.92 Å². The van der Waals surface area contributed by atoms with E-state index in [9.17, 15) is 9.90 Å². The molecule has 0 spiro atoms. The van der Waals surface area contributed by atoms with Crippen LogP contribution < -0.4 is 5.32 Å². The van der Waals surface area contributed by atoms with Crippen LogP contribution in [0, 0.1) is 5.92 Å². The number of aromatic nitrogens is 1. The molecule has 1 heterocycles. The third-order valence-corrected chi connectivity index (χ3v) is 4.61. The molecule has 112 valence electrons. The number of nitrogens with one attached hydrogen (secondary N) is 2. The lowest BCUT2D eigenvalue weighted by atomic mass is 9.76. The molecule has 3 N–H and O–H groups in total. The SMILES string of the molecule is CC1CCCC(CO)(NC(=O)c2cccc3[nH]ccc23)C1. The second-order valence-electron chi connectivity index (χ2n) is 6.34. The number of hydrogen-bond donors (Lipinski definition) is 3. The number of amides is 1. The van der Waals surface area contributed by atoms with Crippen LogP contribution in [0.4, 0.5) is 0 Å². The standard InChI is InChI=1S/C17H22N2O2/c1-12-4-3-8-17(10-12,11-20)19-16(21)14-5-2-6-15-13(14)7-9-18-15/h2,5-7,9,12,18,20H,3-4,8,10-11H2,1H3,(H,19,21). The molecule has 21 heavy (non-hydrogen) atoms. The molecule has 1 saturated carbocycles. The zero-order chi connectivity index (χ0) is 14.9. The van der Waals surface area contributed by atoms with Gasteiger partial charge in [0, 0.05) is 22.7 Å². The zero-order valence-corrected chi connectivity index (χ0v) is 12.4. The lowest BCUT2D eigenvalue weighted by Gasteiger charge is -2.39. The summed E-state index contributed by atoms with van der Waals surface area (Å²) in [5, 5.41) is 13.8. The topological polar surface area (TPSA) is 65.1 Å². The first-order valence-corrected chi connectivity index (χ1v) is 7.63. The van der Waals surface area contributed by atoms with Crippen LogP contribution in [0.3, 0.4) is 0 Å². The summed E-state index contributed by atoms with van der Waals surface area (Å²) in [6.07, 6.45) is 5.76. The molecule has 1 amide bonds. The number of aromatic amines is 1. The Bertz CT molecular complexity index is 649. The summed E-state index contributed by atoms with van der Waals surface area (Å²) in [6, 6.07) is 7.58. The van der Waals surface area contributed by atoms with E-state index in [-0.39, 0.29) is 12.5 Å². The van der Waals surface area contributed by atoms with Crippen molar-refractivity contribution in [2.75, 3.05) is 6.61 Å². The van der Waals surface area contributed by atoms with Gasteiger partial charge in [0.2, 0.25) is 0 Å². The first-order valence-electron chi connectivity index (χ1n) is 7.63. The molecule has 4 nitrogen and oxygen atoms in total. The van der Waals surface area contributed by atoms with Gasteiger partial charge in [0.1, 0.15) is 0 Å². The van der Waals surface area contributed by atoms with Gasteiger partial charge in [0.25, 0.3) is 5.91 Å². The Labute approximate surface area is 124 Å². The fourth-order valence-electron chi connectivity index (χ4n) is 3.55. The van der Waals surface area contributed by atoms with E-state index in [1.807, 2.05) is 30.5 Å². The summed E-state index contributed by atoms with van der Waals surface area (Å²) in [5.74, 6) is 0.442. The predicted octanol–water partition coefficient (Wildman–Crippen LogP) is 2.84. The summed E-state index contributed by atoms with van der Waals surface area (Å²) in [7, 11) is 0. The van der Waals surface area contributed by atoms with Gasteiger partial charge in [-0.2, -0.15) is 0 Å². The van der Waals surface area contributed by atoms with Crippen molar-refractivity contribution in [3.63, 3.8) is 0 Å². The van der Waals surface area contributed by atoms with Crippen molar-refractivity contribution in [3.8, 4) is 0 Å². The van der Waals surface area contributed by atoms with Crippen LogP contribution in [0.15, 0.2) is 30.5 Å². The highest BCUT2D eigenvalue weighted by atomic mass is 16.3. The smallest absolute Gasteiger partial charge is 0.252 e. The molecule has 0 radical (unpaired) electrons. The minimum absolute atomic E-state index is 0.00614. The Morgan fingerprint density at radius 3 is 3.10 bits per heavy atom. The van der Waals surface area contributed by atoms with Gasteiger partial charge >= 0.3 is 0 Å². The highest BCUT2D eigenvalue weighted by Crippen LogP contribution is 2.32. The zero-order valence-electron chi connectivity index (χ0n) is 12.4. The van der Waals surface area contributed by atoms with E-state index in [0.717, 1.165) is 30.2 Å². The molecular formula is C17H22N2O2. The Kier molecular flexibility index (Phi) is 3.72. The van der Waals surface area contributed by atoms with Crippen LogP contribution >= 0.6 is 0 Å². The van der Waals surface area contributed by atoms with Crippen molar-refractivity contribution < 1.29 is 9.90 Å². The fourth-order valence-corrected chi connectivity index (χ4v) is 3.55. The van der Waals surface area contributed by atoms with Gasteiger partial charge < -0.3 is 15.4 Å². The lowest BCUT2D eigenvalue weighted by molar-refractivity contribution is 0.0698. The lowest BCUT2D eigenvalue weighted by Crippen LogP contribution is -2.53. The van der Waals surface area contributed by atoms with Gasteiger partial charge in [-0.15, -0.1) is 0 Å². The Hall–Kier alpha value is -1.81. The summed E-state index contributed by atoms with van der Waals surface area (Å²) in [4.78, 5) is 15.8. The van der Waals surface area contributed by atoms with Crippen LogP contribution in [0.25, 0.3) is 10.9 Å². The Morgan fingerprint density at radius 2 is 2.33 bits per heavy atom. The first-order chi connectivity index (χ1) is 10.1. The highest BCUT2D eigenvalue weighted by Gasteiger charge is 2.36. The number of hydrogen-bond acceptors (Lipinski definition) is 2. The molecule has 1 aromatic carbocycles. The van der Waals surface area contributed by atoms with E-state index >= 15 is 0 Å². The Balaban J connectivity index is 1.86. The summed E-state index contributed by atoms with van der Waals surface area (Å²) in [6.45, 7) is 2.19. The molecule has 2 unspecified atom stereocenters. The monoisotopic (exact) mass is 286 g/mol. The first kappa shape index (κ1) is 14.1. The minimum atomic E-state index is -0.465. The third-order valence-electron chi connectivity index (χ3n) is 4.61. The number of rotatable bonds is 3. The largest absolute Gasteiger partial charge is 0.394 e. The highest BCUT2D eigenvalue weighted by molar-refractivity contribution is 6.06. The second kappa shape index (κ2) is 5.53. The van der Waals surface area contributed by atoms with Gasteiger partial charge in [-0.05, 0) is 37.0 Å². The van der Waals surface area contributed by atoms with Gasteiger partial charge in [0.05, 0.1) is 12.1 Å². The molecule has 0 saturated heterocycles. The molecule has 2 atom stereocenters. The Morgan fingerprint density at radius 1 is 1.48 bits per heavy atom. The number of aliphatic hydroxyl groups excluding tert-OH is 1. The average Bonchev–Trinajstić information content (AvgIpc) is 2.95. The van der Waals surface area contributed by atoms with E-state index in [4.69, 9.17) is 0 Å². The average molecular weight is 286 g/mol. The van der Waals surface area contributed by atoms with Crippen LogP contribution in [0.1, 0.15) is 43.0 Å². The summed E-state index contributed by atoms with van der Waals surface area (Å²) < 4.78 is 0. The van der Waals surface area contributed by atoms with Crippen LogP contribution in [-0.2, 0) is 0 Å². The molecule has 0 aliphatic heterocycles. The van der Waals surface area contributed by atoms with Crippen molar-refractivity contribution in [3.05, 3.63) is 36.0 Å². The molecule has 2 aromatic rings. The number of fused-ring (bicyclic) bond motifs is 1. The molecular weight excluding hydrogens is 264 g/mol. The molecule has 4 heteroatoms. The number of carbonyl (C=O) groups is 1. The predicted molar refractivity (Wildman–Crippen MR) is 83.2 cm³/mol. The maximum Gasteiger partial charge on any atom is 0.252 e. The summed E-state index contributed by atoms with van der Waals surface area (Å²) >= 11 is 0. The van der Waals surface area contributed by atoms with Crippen molar-refractivity contribution in [1.29, 1.82) is 0 Å². The third kappa shape index (κ3) is 2.68. The molecule has 1 fully saturated rings. The van der Waals surface area contributed by atoms with Gasteiger partial charge in [0.15, 0.2) is 0 Å². The van der Waals surface area contributed by atoms with E-state index in [1.54, 1.807) is 0 Å². The van der Waals surface area contributed by atoms with E-state index in [2.05, 4.69) is 17.2 Å². The van der Waals surface area contributed by atoms with Crippen molar-refractivity contribution in [1.82, 2.24) is 10.3 Å². The van der Waals surface area contributed by atoms with Crippen LogP contribution in [-0.4, -0.2) is 28.1 Å². The van der Waals surface area contributed by atoms with E-state index < -0.39 is 5.54 Å². The fraction of sp³-hybridized carbons (Fsp3) is 0.471. The van der Waals surface area contributed by atoms with Crippen molar-refractivity contribution in [2.45, 2.75) is 38.1 Å². The molecule has 1 aromatic heterocycles. The maximum atomic E-state index is 12.7. The number of aliphatic hydroxyl groups is 1. The van der Waals surface area contributed by atoms with Gasteiger partial charge in [-0.3, -0.25) is 4.79 Å². The quantitative estimate of drug-likeness (QED) is 0.812. The van der Waals surface area contributed by atoms with Crippen molar-refractivity contribution >= 4 is 16.8 Å². The molecule has 1 aliphatic rings. The van der Waals surface area contributed by atoms with Crippen LogP contribution in [0.5, 0.6) is 0 Å². The second-order valence-corrected chi connectivity index (χ2v) is 6.34. The molecule has 1 aliphatic carbocycles. The number of H-pyrrole nitrogens is 1. The molecule has 0 bridgehead atoms. The molecule has 3 rings (SSSR count). The van der Waals surface area contributed by atoms with Gasteiger partial charge in [-0.1, -0.05) is 25.8 Å². The minimum Gasteiger partial charge on any atom is -0.394 e. The maximum absolute atomic E-state index is 12.7. The number of carbonyl (C=O) groups excluding carboxylic acids is 1. The van der Waals surface area contributed by atoms with Crippen LogP contribution in [0.2, 0.25) is 0 Å². The summed E-state index contributed by atoms with van der Waals surface area (Å²) in [5.41, 5.74) is 1.16. The van der Waals surface area contributed by atoms with E-state index in [0.29, 0.717) is 11.5 Å². The van der Waals surface area contributed by atoms with E-state index in [1.165, 1.54) is 6.42 Å².